The first kappa shape index (κ1) is 21.2. The molecule has 1 N–H and O–H groups in total. The Morgan fingerprint density at radius 2 is 1.41 bits per heavy atom. The molecule has 0 spiro atoms. The molecule has 0 aliphatic heterocycles. The minimum Gasteiger partial charge on any atom is -0.272 e. The van der Waals surface area contributed by atoms with Crippen LogP contribution in [0.25, 0.3) is 0 Å². The highest BCUT2D eigenvalue weighted by atomic mass is 35.5. The van der Waals surface area contributed by atoms with Gasteiger partial charge in [-0.1, -0.05) is 72.3 Å². The molecule has 0 aromatic heterocycles. The maximum Gasteiger partial charge on any atom is 0.253 e. The number of amides is 1. The molecule has 0 unspecified atom stereocenters. The molecule has 1 amide bonds. The number of thioether (sulfide) groups is 1. The van der Waals surface area contributed by atoms with Crippen molar-refractivity contribution in [1.82, 2.24) is 5.43 Å². The van der Waals surface area contributed by atoms with Gasteiger partial charge in [-0.25, -0.2) is 5.43 Å². The molecule has 0 saturated carbocycles. The van der Waals surface area contributed by atoms with Gasteiger partial charge in [0.05, 0.1) is 5.25 Å². The number of hydrazone groups is 1. The molecular formula is C24H23ClN2OS. The van der Waals surface area contributed by atoms with E-state index in [1.54, 1.807) is 0 Å². The largest absolute Gasteiger partial charge is 0.272 e. The quantitative estimate of drug-likeness (QED) is 0.284. The number of nitrogens with one attached hydrogen (secondary N) is 1. The molecule has 5 heteroatoms. The minimum atomic E-state index is -0.269. The van der Waals surface area contributed by atoms with Crippen LogP contribution < -0.4 is 5.43 Å². The zero-order valence-electron chi connectivity index (χ0n) is 16.2. The smallest absolute Gasteiger partial charge is 0.253 e. The summed E-state index contributed by atoms with van der Waals surface area (Å²) in [6.45, 7) is 1.87. The number of benzene rings is 3. The molecule has 3 aromatic rings. The average molecular weight is 423 g/mol. The van der Waals surface area contributed by atoms with Crippen LogP contribution in [0.3, 0.4) is 0 Å². The molecule has 148 valence electrons. The van der Waals surface area contributed by atoms with E-state index < -0.39 is 0 Å². The Bertz CT molecular complexity index is 900. The van der Waals surface area contributed by atoms with Crippen LogP contribution in [-0.4, -0.2) is 16.9 Å². The summed E-state index contributed by atoms with van der Waals surface area (Å²) in [7, 11) is 0. The Morgan fingerprint density at radius 3 is 1.93 bits per heavy atom. The minimum absolute atomic E-state index is 0.122. The number of nitrogens with zero attached hydrogens (tertiary/aromatic N) is 1. The fourth-order valence-corrected chi connectivity index (χ4v) is 3.79. The van der Waals surface area contributed by atoms with Crippen molar-refractivity contribution in [3.8, 4) is 0 Å². The molecule has 0 fully saturated rings. The standard InChI is InChI=1S/C24H23ClN2OS/c1-18(29-23-14-12-21(25)13-15-23)24(28)27-26-22(16-19-8-4-2-5-9-19)17-20-10-6-3-7-11-20/h2-15,18H,16-17H2,1H3,(H,27,28)/t18-/m1/s1. The van der Waals surface area contributed by atoms with Crippen molar-refractivity contribution >= 4 is 35.0 Å². The van der Waals surface area contributed by atoms with Crippen LogP contribution in [0.15, 0.2) is 94.9 Å². The molecule has 0 saturated heterocycles. The van der Waals surface area contributed by atoms with E-state index in [1.165, 1.54) is 22.9 Å². The summed E-state index contributed by atoms with van der Waals surface area (Å²) in [5, 5.41) is 4.89. The van der Waals surface area contributed by atoms with Crippen LogP contribution in [0, 0.1) is 0 Å². The van der Waals surface area contributed by atoms with Crippen LogP contribution in [0.5, 0.6) is 0 Å². The molecule has 0 aliphatic carbocycles. The lowest BCUT2D eigenvalue weighted by Crippen LogP contribution is -2.28. The zero-order chi connectivity index (χ0) is 20.5. The Morgan fingerprint density at radius 1 is 0.897 bits per heavy atom. The summed E-state index contributed by atoms with van der Waals surface area (Å²) in [6, 6.07) is 27.8. The number of carbonyl (C=O) groups is 1. The monoisotopic (exact) mass is 422 g/mol. The van der Waals surface area contributed by atoms with Crippen molar-refractivity contribution in [3.63, 3.8) is 0 Å². The second-order valence-electron chi connectivity index (χ2n) is 6.69. The number of hydrogen-bond donors (Lipinski definition) is 1. The molecule has 3 aromatic carbocycles. The van der Waals surface area contributed by atoms with E-state index in [1.807, 2.05) is 67.6 Å². The highest BCUT2D eigenvalue weighted by molar-refractivity contribution is 8.00. The van der Waals surface area contributed by atoms with E-state index in [0.29, 0.717) is 17.9 Å². The molecular weight excluding hydrogens is 400 g/mol. The van der Waals surface area contributed by atoms with Gasteiger partial charge in [0, 0.05) is 28.5 Å². The molecule has 0 aliphatic rings. The van der Waals surface area contributed by atoms with Gasteiger partial charge in [0.2, 0.25) is 0 Å². The van der Waals surface area contributed by atoms with Crippen LogP contribution in [0.2, 0.25) is 5.02 Å². The van der Waals surface area contributed by atoms with Crippen molar-refractivity contribution in [2.75, 3.05) is 0 Å². The second kappa shape index (κ2) is 10.8. The summed E-state index contributed by atoms with van der Waals surface area (Å²) < 4.78 is 0. The molecule has 0 heterocycles. The van der Waals surface area contributed by atoms with Crippen LogP contribution in [0.1, 0.15) is 18.1 Å². The van der Waals surface area contributed by atoms with E-state index in [2.05, 4.69) is 34.8 Å². The Balaban J connectivity index is 1.67. The first-order valence-corrected chi connectivity index (χ1v) is 10.7. The lowest BCUT2D eigenvalue weighted by atomic mass is 10.0. The van der Waals surface area contributed by atoms with Gasteiger partial charge in [-0.3, -0.25) is 4.79 Å². The fraction of sp³-hybridized carbons (Fsp3) is 0.167. The molecule has 3 rings (SSSR count). The molecule has 29 heavy (non-hydrogen) atoms. The summed E-state index contributed by atoms with van der Waals surface area (Å²) in [5.41, 5.74) is 6.01. The third-order valence-electron chi connectivity index (χ3n) is 4.32. The topological polar surface area (TPSA) is 41.5 Å². The Hall–Kier alpha value is -2.56. The molecule has 1 atom stereocenters. The van der Waals surface area contributed by atoms with Crippen LogP contribution >= 0.6 is 23.4 Å². The number of hydrogen-bond acceptors (Lipinski definition) is 3. The highest BCUT2D eigenvalue weighted by Crippen LogP contribution is 2.24. The van der Waals surface area contributed by atoms with Gasteiger partial charge in [-0.05, 0) is 42.3 Å². The van der Waals surface area contributed by atoms with Crippen LogP contribution in [-0.2, 0) is 17.6 Å². The third kappa shape index (κ3) is 7.08. The van der Waals surface area contributed by atoms with Gasteiger partial charge >= 0.3 is 0 Å². The maximum atomic E-state index is 12.6. The molecule has 3 nitrogen and oxygen atoms in total. The summed E-state index contributed by atoms with van der Waals surface area (Å²) in [5.74, 6) is -0.122. The summed E-state index contributed by atoms with van der Waals surface area (Å²) in [4.78, 5) is 13.6. The van der Waals surface area contributed by atoms with E-state index in [9.17, 15) is 4.79 Å². The lowest BCUT2D eigenvalue weighted by molar-refractivity contribution is -0.120. The highest BCUT2D eigenvalue weighted by Gasteiger charge is 2.14. The van der Waals surface area contributed by atoms with Gasteiger partial charge in [-0.2, -0.15) is 5.10 Å². The number of carbonyl (C=O) groups excluding carboxylic acids is 1. The van der Waals surface area contributed by atoms with Crippen molar-refractivity contribution in [3.05, 3.63) is 101 Å². The fourth-order valence-electron chi connectivity index (χ4n) is 2.80. The average Bonchev–Trinajstić information content (AvgIpc) is 2.75. The molecule has 0 radical (unpaired) electrons. The first-order chi connectivity index (χ1) is 14.1. The zero-order valence-corrected chi connectivity index (χ0v) is 17.8. The number of rotatable bonds is 8. The molecule has 0 bridgehead atoms. The van der Waals surface area contributed by atoms with E-state index in [-0.39, 0.29) is 11.2 Å². The lowest BCUT2D eigenvalue weighted by Gasteiger charge is -2.12. The maximum absolute atomic E-state index is 12.6. The van der Waals surface area contributed by atoms with E-state index in [0.717, 1.165) is 10.6 Å². The summed E-state index contributed by atoms with van der Waals surface area (Å²) in [6.07, 6.45) is 1.38. The van der Waals surface area contributed by atoms with E-state index >= 15 is 0 Å². The third-order valence-corrected chi connectivity index (χ3v) is 5.69. The van der Waals surface area contributed by atoms with Crippen molar-refractivity contribution in [1.29, 1.82) is 0 Å². The van der Waals surface area contributed by atoms with Gasteiger partial charge in [0.15, 0.2) is 0 Å². The summed E-state index contributed by atoms with van der Waals surface area (Å²) >= 11 is 7.40. The number of halogens is 1. The predicted molar refractivity (Wildman–Crippen MR) is 123 cm³/mol. The van der Waals surface area contributed by atoms with Crippen molar-refractivity contribution in [2.24, 2.45) is 5.10 Å². The second-order valence-corrected chi connectivity index (χ2v) is 8.54. The normalized spacial score (nSPS) is 11.5. The Labute approximate surface area is 181 Å². The van der Waals surface area contributed by atoms with E-state index in [4.69, 9.17) is 11.6 Å². The van der Waals surface area contributed by atoms with Gasteiger partial charge < -0.3 is 0 Å². The Kier molecular flexibility index (Phi) is 7.91. The van der Waals surface area contributed by atoms with Gasteiger partial charge in [0.1, 0.15) is 0 Å². The van der Waals surface area contributed by atoms with Gasteiger partial charge in [0.25, 0.3) is 5.91 Å². The van der Waals surface area contributed by atoms with Crippen molar-refractivity contribution < 1.29 is 4.79 Å². The van der Waals surface area contributed by atoms with Crippen LogP contribution in [0.4, 0.5) is 0 Å². The van der Waals surface area contributed by atoms with Gasteiger partial charge in [-0.15, -0.1) is 11.8 Å². The predicted octanol–water partition coefficient (Wildman–Crippen LogP) is 5.78. The first-order valence-electron chi connectivity index (χ1n) is 9.45. The van der Waals surface area contributed by atoms with Crippen molar-refractivity contribution in [2.45, 2.75) is 29.9 Å². The SMILES string of the molecule is C[C@@H](Sc1ccc(Cl)cc1)C(=O)NN=C(Cc1ccccc1)Cc1ccccc1.